The van der Waals surface area contributed by atoms with Crippen LogP contribution in [0.2, 0.25) is 0 Å². The van der Waals surface area contributed by atoms with Crippen LogP contribution in [0.25, 0.3) is 21.0 Å². The lowest BCUT2D eigenvalue weighted by Crippen LogP contribution is -1.86. The number of hydrogen-bond acceptors (Lipinski definition) is 4. The molecule has 0 amide bonds. The van der Waals surface area contributed by atoms with Gasteiger partial charge >= 0.3 is 0 Å². The number of aryl methyl sites for hydroxylation is 1. The van der Waals surface area contributed by atoms with E-state index in [1.54, 1.807) is 11.3 Å². The van der Waals surface area contributed by atoms with Gasteiger partial charge in [0.25, 0.3) is 0 Å². The van der Waals surface area contributed by atoms with Gasteiger partial charge in [-0.25, -0.2) is 0 Å². The van der Waals surface area contributed by atoms with Gasteiger partial charge in [0.2, 0.25) is 0 Å². The summed E-state index contributed by atoms with van der Waals surface area (Å²) < 4.78 is 0. The van der Waals surface area contributed by atoms with Gasteiger partial charge in [-0.05, 0) is 36.1 Å². The summed E-state index contributed by atoms with van der Waals surface area (Å²) in [4.78, 5) is 2.14. The molecule has 2 aromatic heterocycles. The third-order valence-corrected chi connectivity index (χ3v) is 5.94. The van der Waals surface area contributed by atoms with Gasteiger partial charge in [0.1, 0.15) is 11.8 Å². The molecular weight excluding hydrogens is 352 g/mol. The first kappa shape index (κ1) is 19.3. The van der Waals surface area contributed by atoms with E-state index in [1.807, 2.05) is 6.07 Å². The van der Waals surface area contributed by atoms with Crippen LogP contribution < -0.4 is 0 Å². The number of hydrogen-bond donors (Lipinski definition) is 1. The van der Waals surface area contributed by atoms with E-state index in [0.29, 0.717) is 11.4 Å². The zero-order chi connectivity index (χ0) is 18.9. The molecule has 2 heterocycles. The number of aromatic nitrogens is 3. The minimum absolute atomic E-state index is 0.341. The SMILES string of the molecule is CCCCCCCCCc1ccc(-c2ccc(-c3n[nH]nc3C#N)s2)cc1. The summed E-state index contributed by atoms with van der Waals surface area (Å²) in [6, 6.07) is 15.0. The summed E-state index contributed by atoms with van der Waals surface area (Å²) in [5.41, 5.74) is 3.58. The van der Waals surface area contributed by atoms with Crippen LogP contribution in [0, 0.1) is 11.3 Å². The van der Waals surface area contributed by atoms with E-state index in [9.17, 15) is 0 Å². The lowest BCUT2D eigenvalue weighted by atomic mass is 10.0. The number of nitrogens with zero attached hydrogens (tertiary/aromatic N) is 3. The average molecular weight is 379 g/mol. The van der Waals surface area contributed by atoms with E-state index in [-0.39, 0.29) is 0 Å². The molecule has 0 saturated heterocycles. The molecule has 0 spiro atoms. The monoisotopic (exact) mass is 378 g/mol. The molecule has 0 aliphatic rings. The van der Waals surface area contributed by atoms with E-state index in [2.05, 4.69) is 58.7 Å². The molecule has 0 unspecified atom stereocenters. The normalized spacial score (nSPS) is 10.8. The maximum absolute atomic E-state index is 9.10. The Morgan fingerprint density at radius 1 is 0.889 bits per heavy atom. The Balaban J connectivity index is 1.53. The minimum atomic E-state index is 0.341. The zero-order valence-electron chi connectivity index (χ0n) is 15.9. The largest absolute Gasteiger partial charge is 0.196 e. The molecule has 27 heavy (non-hydrogen) atoms. The lowest BCUT2D eigenvalue weighted by Gasteiger charge is -2.04. The van der Waals surface area contributed by atoms with Crippen LogP contribution in [0.15, 0.2) is 36.4 Å². The van der Waals surface area contributed by atoms with Crippen LogP contribution in [0.3, 0.4) is 0 Å². The molecule has 0 saturated carbocycles. The summed E-state index contributed by atoms with van der Waals surface area (Å²) in [7, 11) is 0. The van der Waals surface area contributed by atoms with Crippen LogP contribution in [0.1, 0.15) is 63.1 Å². The van der Waals surface area contributed by atoms with Crippen molar-refractivity contribution < 1.29 is 0 Å². The van der Waals surface area contributed by atoms with Crippen molar-refractivity contribution >= 4 is 11.3 Å². The lowest BCUT2D eigenvalue weighted by molar-refractivity contribution is 0.589. The van der Waals surface area contributed by atoms with E-state index >= 15 is 0 Å². The number of aromatic amines is 1. The second-order valence-electron chi connectivity index (χ2n) is 6.86. The molecular formula is C22H26N4S. The summed E-state index contributed by atoms with van der Waals surface area (Å²) in [5.74, 6) is 0. The molecule has 5 heteroatoms. The van der Waals surface area contributed by atoms with Gasteiger partial charge in [-0.2, -0.15) is 15.6 Å². The smallest absolute Gasteiger partial charge is 0.191 e. The molecule has 0 aliphatic carbocycles. The van der Waals surface area contributed by atoms with Gasteiger partial charge < -0.3 is 0 Å². The third kappa shape index (κ3) is 5.27. The first-order chi connectivity index (χ1) is 13.3. The number of unbranched alkanes of at least 4 members (excludes halogenated alkanes) is 6. The van der Waals surface area contributed by atoms with E-state index < -0.39 is 0 Å². The van der Waals surface area contributed by atoms with Crippen molar-refractivity contribution in [3.05, 3.63) is 47.7 Å². The fourth-order valence-electron chi connectivity index (χ4n) is 3.22. The zero-order valence-corrected chi connectivity index (χ0v) is 16.7. The van der Waals surface area contributed by atoms with E-state index in [1.165, 1.54) is 60.9 Å². The Morgan fingerprint density at radius 2 is 1.59 bits per heavy atom. The Morgan fingerprint density at radius 3 is 2.33 bits per heavy atom. The second-order valence-corrected chi connectivity index (χ2v) is 7.95. The van der Waals surface area contributed by atoms with E-state index in [4.69, 9.17) is 5.26 Å². The minimum Gasteiger partial charge on any atom is -0.196 e. The molecule has 0 radical (unpaired) electrons. The van der Waals surface area contributed by atoms with Crippen molar-refractivity contribution in [3.8, 4) is 27.1 Å². The van der Waals surface area contributed by atoms with Crippen molar-refractivity contribution in [1.82, 2.24) is 15.4 Å². The van der Waals surface area contributed by atoms with Crippen LogP contribution in [0.5, 0.6) is 0 Å². The average Bonchev–Trinajstić information content (AvgIpc) is 3.36. The highest BCUT2D eigenvalue weighted by Gasteiger charge is 2.12. The molecule has 140 valence electrons. The highest BCUT2D eigenvalue weighted by atomic mass is 32.1. The standard InChI is InChI=1S/C22H26N4S/c1-2-3-4-5-6-7-8-9-17-10-12-18(13-11-17)20-14-15-21(27-20)22-19(16-23)24-26-25-22/h10-15H,2-9H2,1H3,(H,24,25,26). The first-order valence-corrected chi connectivity index (χ1v) is 10.6. The maximum atomic E-state index is 9.10. The van der Waals surface area contributed by atoms with Crippen molar-refractivity contribution in [1.29, 1.82) is 5.26 Å². The van der Waals surface area contributed by atoms with Crippen LogP contribution in [0.4, 0.5) is 0 Å². The number of benzene rings is 1. The predicted molar refractivity (Wildman–Crippen MR) is 112 cm³/mol. The molecule has 3 aromatic rings. The summed E-state index contributed by atoms with van der Waals surface area (Å²) in [5, 5.41) is 19.6. The van der Waals surface area contributed by atoms with Crippen molar-refractivity contribution in [2.45, 2.75) is 58.3 Å². The Kier molecular flexibility index (Phi) is 7.18. The molecule has 3 rings (SSSR count). The quantitative estimate of drug-likeness (QED) is 0.417. The molecule has 0 fully saturated rings. The van der Waals surface area contributed by atoms with Gasteiger partial charge in [-0.1, -0.05) is 69.7 Å². The number of H-pyrrole nitrogens is 1. The Bertz CT molecular complexity index is 870. The van der Waals surface area contributed by atoms with Crippen molar-refractivity contribution in [2.24, 2.45) is 0 Å². The number of nitriles is 1. The molecule has 0 atom stereocenters. The van der Waals surface area contributed by atoms with Gasteiger partial charge in [0, 0.05) is 4.88 Å². The summed E-state index contributed by atoms with van der Waals surface area (Å²) >= 11 is 1.64. The molecule has 0 aliphatic heterocycles. The highest BCUT2D eigenvalue weighted by molar-refractivity contribution is 7.18. The maximum Gasteiger partial charge on any atom is 0.191 e. The molecule has 0 bridgehead atoms. The van der Waals surface area contributed by atoms with Crippen LogP contribution >= 0.6 is 11.3 Å². The fourth-order valence-corrected chi connectivity index (χ4v) is 4.22. The van der Waals surface area contributed by atoms with Gasteiger partial charge in [-0.3, -0.25) is 0 Å². The highest BCUT2D eigenvalue weighted by Crippen LogP contribution is 2.34. The van der Waals surface area contributed by atoms with Gasteiger partial charge in [0.05, 0.1) is 4.88 Å². The predicted octanol–water partition coefficient (Wildman–Crippen LogP) is 6.36. The Hall–Kier alpha value is -2.45. The Labute approximate surface area is 165 Å². The number of rotatable bonds is 10. The van der Waals surface area contributed by atoms with Crippen LogP contribution in [-0.2, 0) is 6.42 Å². The molecule has 4 nitrogen and oxygen atoms in total. The van der Waals surface area contributed by atoms with Crippen LogP contribution in [-0.4, -0.2) is 15.4 Å². The third-order valence-electron chi connectivity index (χ3n) is 4.80. The molecule has 1 N–H and O–H groups in total. The fraction of sp³-hybridized carbons (Fsp3) is 0.409. The van der Waals surface area contributed by atoms with Gasteiger partial charge in [-0.15, -0.1) is 16.4 Å². The topological polar surface area (TPSA) is 65.4 Å². The first-order valence-electron chi connectivity index (χ1n) is 9.82. The van der Waals surface area contributed by atoms with Crippen molar-refractivity contribution in [3.63, 3.8) is 0 Å². The number of thiophene rings is 1. The summed E-state index contributed by atoms with van der Waals surface area (Å²) in [6.45, 7) is 2.26. The van der Waals surface area contributed by atoms with Crippen molar-refractivity contribution in [2.75, 3.05) is 0 Å². The van der Waals surface area contributed by atoms with E-state index in [0.717, 1.165) is 11.3 Å². The number of nitrogens with one attached hydrogen (secondary N) is 1. The molecule has 1 aromatic carbocycles. The second kappa shape index (κ2) is 10.0. The summed E-state index contributed by atoms with van der Waals surface area (Å²) in [6.07, 6.45) is 10.6. The van der Waals surface area contributed by atoms with Gasteiger partial charge in [0.15, 0.2) is 5.69 Å².